The van der Waals surface area contributed by atoms with Crippen LogP contribution in [0.5, 0.6) is 5.88 Å². The maximum absolute atomic E-state index is 14.8. The predicted octanol–water partition coefficient (Wildman–Crippen LogP) is 3.96. The van der Waals surface area contributed by atoms with E-state index in [2.05, 4.69) is 21.9 Å². The minimum atomic E-state index is -3.93. The SMILES string of the molecule is C=C[C@@H]1C[C@]1(NC(=O)[C@@H]1C[C@@H]2CN1C(=O)[C@H](C1CCCC1)NC(=O)O[C@@H]1CCC[C@H]1C/C=C\CCn1c(cc3ccc(F)cc3c1=O)O2)C(=O)NS(=O)(=O)C1CC1. The maximum Gasteiger partial charge on any atom is 0.408 e. The third kappa shape index (κ3) is 7.93. The van der Waals surface area contributed by atoms with E-state index in [0.29, 0.717) is 50.3 Å². The van der Waals surface area contributed by atoms with Crippen LogP contribution in [0, 0.1) is 23.6 Å². The Morgan fingerprint density at radius 3 is 2.49 bits per heavy atom. The molecule has 4 saturated carbocycles. The quantitative estimate of drug-likeness (QED) is 0.349. The zero-order valence-electron chi connectivity index (χ0n) is 31.8. The largest absolute Gasteiger partial charge is 0.473 e. The Bertz CT molecular complexity index is 2170. The maximum atomic E-state index is 14.8. The van der Waals surface area contributed by atoms with Crippen molar-refractivity contribution in [1.82, 2.24) is 24.8 Å². The van der Waals surface area contributed by atoms with Crippen LogP contribution in [0.25, 0.3) is 10.8 Å². The highest BCUT2D eigenvalue weighted by atomic mass is 32.2. The summed E-state index contributed by atoms with van der Waals surface area (Å²) in [4.78, 5) is 71.7. The average Bonchev–Trinajstić information content (AvgIpc) is 3.97. The van der Waals surface area contributed by atoms with E-state index in [1.54, 1.807) is 6.07 Å². The lowest BCUT2D eigenvalue weighted by Gasteiger charge is -2.32. The van der Waals surface area contributed by atoms with Gasteiger partial charge >= 0.3 is 6.09 Å². The number of pyridine rings is 1. The number of amides is 4. The summed E-state index contributed by atoms with van der Waals surface area (Å²) in [6.07, 6.45) is 11.2. The third-order valence-corrected chi connectivity index (χ3v) is 14.6. The van der Waals surface area contributed by atoms with Gasteiger partial charge in [0.25, 0.3) is 11.5 Å². The standard InChI is InChI=1S/C41H50FN5O9S/c1-2-27-22-41(27,39(51)45-57(53,54)30-16-17-30)44-36(48)32-21-29-23-47(32)38(50)35(25-10-5-6-11-25)43-40(52)56-33-13-8-12-24(33)9-4-3-7-18-46-34(55-29)19-26-14-15-28(42)20-31(26)37(46)49/h2-4,14-15,19-20,24-25,27,29-30,32-33,35H,1,5-13,16-18,21-23H2,(H,43,52)(H,44,48)(H,45,51)/b4-3-/t24-,27-,29-,32+,33-,35+,41-/m1/s1. The molecule has 14 nitrogen and oxygen atoms in total. The van der Waals surface area contributed by atoms with E-state index < -0.39 is 80.1 Å². The van der Waals surface area contributed by atoms with E-state index in [1.165, 1.54) is 33.7 Å². The molecule has 2 aromatic rings. The molecule has 0 spiro atoms. The van der Waals surface area contributed by atoms with Crippen LogP contribution < -0.4 is 25.7 Å². The van der Waals surface area contributed by atoms with Gasteiger partial charge in [-0.25, -0.2) is 17.6 Å². The van der Waals surface area contributed by atoms with Crippen molar-refractivity contribution < 1.29 is 41.5 Å². The van der Waals surface area contributed by atoms with Crippen molar-refractivity contribution in [3.8, 4) is 5.88 Å². The minimum Gasteiger partial charge on any atom is -0.473 e. The topological polar surface area (TPSA) is 182 Å². The number of alkyl carbamates (subject to hydrolysis) is 1. The van der Waals surface area contributed by atoms with Gasteiger partial charge in [0.2, 0.25) is 21.8 Å². The number of carbonyl (C=O) groups is 4. The Morgan fingerprint density at radius 2 is 1.75 bits per heavy atom. The molecule has 306 valence electrons. The Kier molecular flexibility index (Phi) is 10.7. The summed E-state index contributed by atoms with van der Waals surface area (Å²) in [7, 11) is -3.93. The van der Waals surface area contributed by atoms with Crippen LogP contribution in [0.3, 0.4) is 0 Å². The van der Waals surface area contributed by atoms with E-state index in [0.717, 1.165) is 25.7 Å². The molecule has 6 aliphatic rings. The zero-order chi connectivity index (χ0) is 40.1. The second kappa shape index (κ2) is 15.6. The van der Waals surface area contributed by atoms with Crippen molar-refractivity contribution in [2.75, 3.05) is 6.54 Å². The average molecular weight is 808 g/mol. The van der Waals surface area contributed by atoms with Gasteiger partial charge in [-0.3, -0.25) is 28.5 Å². The van der Waals surface area contributed by atoms with Crippen molar-refractivity contribution in [2.45, 2.75) is 125 Å². The summed E-state index contributed by atoms with van der Waals surface area (Å²) < 4.78 is 56.0. The second-order valence-electron chi connectivity index (χ2n) is 16.6. The van der Waals surface area contributed by atoms with Crippen LogP contribution >= 0.6 is 0 Å². The lowest BCUT2D eigenvalue weighted by Crippen LogP contribution is -2.59. The molecule has 57 heavy (non-hydrogen) atoms. The van der Waals surface area contributed by atoms with E-state index in [1.807, 2.05) is 12.2 Å². The first-order chi connectivity index (χ1) is 27.4. The molecule has 0 radical (unpaired) electrons. The molecule has 4 amide bonds. The van der Waals surface area contributed by atoms with Gasteiger partial charge < -0.3 is 25.0 Å². The van der Waals surface area contributed by atoms with Gasteiger partial charge in [-0.2, -0.15) is 0 Å². The number of hydrogen-bond acceptors (Lipinski definition) is 9. The fraction of sp³-hybridized carbons (Fsp3) is 0.585. The Hall–Kier alpha value is -4.73. The van der Waals surface area contributed by atoms with Crippen molar-refractivity contribution in [1.29, 1.82) is 0 Å². The van der Waals surface area contributed by atoms with Crippen molar-refractivity contribution in [3.05, 3.63) is 65.2 Å². The summed E-state index contributed by atoms with van der Waals surface area (Å²) in [6.45, 7) is 3.89. The summed E-state index contributed by atoms with van der Waals surface area (Å²) in [5, 5.41) is 5.67. The molecular formula is C41H50FN5O9S. The molecule has 8 rings (SSSR count). The molecule has 1 aromatic heterocycles. The summed E-state index contributed by atoms with van der Waals surface area (Å²) in [5.74, 6) is -3.12. The number of halogens is 1. The number of sulfonamides is 1. The van der Waals surface area contributed by atoms with E-state index in [-0.39, 0.29) is 55.1 Å². The molecule has 2 aliphatic heterocycles. The van der Waals surface area contributed by atoms with Crippen LogP contribution in [-0.2, 0) is 35.7 Å². The Morgan fingerprint density at radius 1 is 0.982 bits per heavy atom. The fourth-order valence-corrected chi connectivity index (χ4v) is 10.7. The van der Waals surface area contributed by atoms with Gasteiger partial charge in [0.1, 0.15) is 35.6 Å². The first kappa shape index (κ1) is 39.1. The smallest absolute Gasteiger partial charge is 0.408 e. The number of nitrogens with one attached hydrogen (secondary N) is 3. The molecular weight excluding hydrogens is 758 g/mol. The molecule has 4 aliphatic carbocycles. The summed E-state index contributed by atoms with van der Waals surface area (Å²) in [5.41, 5.74) is -2.04. The highest BCUT2D eigenvalue weighted by molar-refractivity contribution is 7.91. The van der Waals surface area contributed by atoms with Crippen molar-refractivity contribution in [2.24, 2.45) is 17.8 Å². The number of fused-ring (bicyclic) bond motifs is 5. The number of aromatic nitrogens is 1. The van der Waals surface area contributed by atoms with Gasteiger partial charge in [0.05, 0.1) is 17.2 Å². The Balaban J connectivity index is 1.15. The highest BCUT2D eigenvalue weighted by Gasteiger charge is 2.62. The molecule has 2 bridgehead atoms. The van der Waals surface area contributed by atoms with Gasteiger partial charge in [0, 0.05) is 24.9 Å². The lowest BCUT2D eigenvalue weighted by atomic mass is 9.96. The minimum absolute atomic E-state index is 0.0461. The summed E-state index contributed by atoms with van der Waals surface area (Å²) in [6, 6.07) is 3.39. The first-order valence-corrected chi connectivity index (χ1v) is 21.8. The zero-order valence-corrected chi connectivity index (χ0v) is 32.6. The van der Waals surface area contributed by atoms with E-state index in [9.17, 15) is 36.8 Å². The van der Waals surface area contributed by atoms with Crippen molar-refractivity contribution >= 4 is 44.6 Å². The van der Waals surface area contributed by atoms with Crippen LogP contribution in [0.1, 0.15) is 83.5 Å². The van der Waals surface area contributed by atoms with Crippen LogP contribution in [0.15, 0.2) is 53.9 Å². The van der Waals surface area contributed by atoms with Crippen LogP contribution in [0.4, 0.5) is 9.18 Å². The number of hydrogen-bond donors (Lipinski definition) is 3. The monoisotopic (exact) mass is 807 g/mol. The predicted molar refractivity (Wildman–Crippen MR) is 207 cm³/mol. The molecule has 7 atom stereocenters. The Labute approximate surface area is 330 Å². The molecule has 0 unspecified atom stereocenters. The van der Waals surface area contributed by atoms with Crippen LogP contribution in [-0.4, -0.2) is 83.3 Å². The number of rotatable bonds is 7. The first-order valence-electron chi connectivity index (χ1n) is 20.3. The number of nitrogens with zero attached hydrogens (tertiary/aromatic N) is 2. The molecule has 1 aromatic carbocycles. The van der Waals surface area contributed by atoms with E-state index in [4.69, 9.17) is 9.47 Å². The molecule has 3 N–H and O–H groups in total. The van der Waals surface area contributed by atoms with Crippen LogP contribution in [0.2, 0.25) is 0 Å². The van der Waals surface area contributed by atoms with Gasteiger partial charge in [0.15, 0.2) is 5.88 Å². The molecule has 5 fully saturated rings. The van der Waals surface area contributed by atoms with E-state index >= 15 is 0 Å². The molecule has 1 saturated heterocycles. The second-order valence-corrected chi connectivity index (χ2v) is 18.6. The van der Waals surface area contributed by atoms with Crippen molar-refractivity contribution in [3.63, 3.8) is 0 Å². The normalized spacial score (nSPS) is 31.5. The summed E-state index contributed by atoms with van der Waals surface area (Å²) >= 11 is 0. The van der Waals surface area contributed by atoms with Gasteiger partial charge in [-0.1, -0.05) is 37.1 Å². The molecule has 3 heterocycles. The number of allylic oxidation sites excluding steroid dienone is 2. The number of ether oxygens (including phenoxy) is 2. The number of carbonyl (C=O) groups excluding carboxylic acids is 4. The fourth-order valence-electron chi connectivity index (χ4n) is 9.34. The lowest BCUT2D eigenvalue weighted by molar-refractivity contribution is -0.142. The number of benzene rings is 1. The highest BCUT2D eigenvalue weighted by Crippen LogP contribution is 2.46. The third-order valence-electron chi connectivity index (χ3n) is 12.8. The van der Waals surface area contributed by atoms with Gasteiger partial charge in [-0.05, 0) is 93.6 Å². The molecule has 16 heteroatoms. The van der Waals surface area contributed by atoms with Gasteiger partial charge in [-0.15, -0.1) is 6.58 Å².